The van der Waals surface area contributed by atoms with E-state index in [9.17, 15) is 13.2 Å². The number of nitrogens with zero attached hydrogens (tertiary/aromatic N) is 1. The van der Waals surface area contributed by atoms with Crippen LogP contribution in [0.2, 0.25) is 0 Å². The second-order valence-corrected chi connectivity index (χ2v) is 8.86. The lowest BCUT2D eigenvalue weighted by molar-refractivity contribution is 0.0952. The molecule has 0 aliphatic heterocycles. The van der Waals surface area contributed by atoms with E-state index in [1.165, 1.54) is 0 Å². The molecular weight excluding hydrogens is 370 g/mol. The predicted octanol–water partition coefficient (Wildman–Crippen LogP) is 3.20. The minimum atomic E-state index is -3.46. The molecule has 2 aromatic carbocycles. The molecule has 0 saturated carbocycles. The van der Waals surface area contributed by atoms with E-state index >= 15 is 0 Å². The topological polar surface area (TPSA) is 88.2 Å². The normalized spacial score (nSPS) is 12.7. The Balaban J connectivity index is 1.70. The zero-order chi connectivity index (χ0) is 18.7. The molecule has 6 nitrogen and oxygen atoms in total. The minimum Gasteiger partial charge on any atom is -0.351 e. The SMILES string of the molecule is CC(CNC(=O)c1ccccc1NS(C)(=O)=O)c1nc2ccccc2s1. The number of hydrogen-bond donors (Lipinski definition) is 2. The van der Waals surface area contributed by atoms with Gasteiger partial charge in [-0.25, -0.2) is 13.4 Å². The van der Waals surface area contributed by atoms with Crippen molar-refractivity contribution in [1.82, 2.24) is 10.3 Å². The van der Waals surface area contributed by atoms with Crippen molar-refractivity contribution in [2.45, 2.75) is 12.8 Å². The summed E-state index contributed by atoms with van der Waals surface area (Å²) in [7, 11) is -3.46. The summed E-state index contributed by atoms with van der Waals surface area (Å²) in [4.78, 5) is 17.1. The zero-order valence-corrected chi connectivity index (χ0v) is 16.0. The fourth-order valence-electron chi connectivity index (χ4n) is 2.50. The Kier molecular flexibility index (Phi) is 5.24. The summed E-state index contributed by atoms with van der Waals surface area (Å²) < 4.78 is 26.4. The van der Waals surface area contributed by atoms with Crippen LogP contribution in [0.1, 0.15) is 28.2 Å². The number of nitrogens with one attached hydrogen (secondary N) is 2. The number of amides is 1. The second-order valence-electron chi connectivity index (χ2n) is 6.05. The third kappa shape index (κ3) is 4.39. The van der Waals surface area contributed by atoms with Gasteiger partial charge in [0.2, 0.25) is 10.0 Å². The van der Waals surface area contributed by atoms with E-state index < -0.39 is 10.0 Å². The van der Waals surface area contributed by atoms with E-state index in [1.54, 1.807) is 35.6 Å². The number of anilines is 1. The molecule has 1 aromatic heterocycles. The van der Waals surface area contributed by atoms with Crippen molar-refractivity contribution >= 4 is 43.2 Å². The van der Waals surface area contributed by atoms with Gasteiger partial charge >= 0.3 is 0 Å². The largest absolute Gasteiger partial charge is 0.351 e. The molecule has 0 spiro atoms. The van der Waals surface area contributed by atoms with Crippen molar-refractivity contribution in [2.24, 2.45) is 0 Å². The number of hydrogen-bond acceptors (Lipinski definition) is 5. The monoisotopic (exact) mass is 389 g/mol. The first-order valence-corrected chi connectivity index (χ1v) is 10.7. The number of thiazole rings is 1. The molecule has 8 heteroatoms. The van der Waals surface area contributed by atoms with E-state index in [4.69, 9.17) is 0 Å². The zero-order valence-electron chi connectivity index (χ0n) is 14.4. The van der Waals surface area contributed by atoms with E-state index in [0.717, 1.165) is 21.5 Å². The number of carbonyl (C=O) groups is 1. The van der Waals surface area contributed by atoms with Gasteiger partial charge in [0.1, 0.15) is 0 Å². The van der Waals surface area contributed by atoms with Gasteiger partial charge in [0, 0.05) is 12.5 Å². The highest BCUT2D eigenvalue weighted by atomic mass is 32.2. The molecule has 1 amide bonds. The molecule has 0 radical (unpaired) electrons. The molecule has 3 aromatic rings. The standard InChI is InChI=1S/C18H19N3O3S2/c1-12(18-20-15-9-5-6-10-16(15)25-18)11-19-17(22)13-7-3-4-8-14(13)21-26(2,23)24/h3-10,12,21H,11H2,1-2H3,(H,19,22). The summed E-state index contributed by atoms with van der Waals surface area (Å²) in [5.41, 5.74) is 1.50. The van der Waals surface area contributed by atoms with Gasteiger partial charge in [-0.1, -0.05) is 31.2 Å². The molecule has 0 fully saturated rings. The van der Waals surface area contributed by atoms with Crippen molar-refractivity contribution in [1.29, 1.82) is 0 Å². The third-order valence-electron chi connectivity index (χ3n) is 3.77. The Bertz CT molecular complexity index is 1010. The van der Waals surface area contributed by atoms with Gasteiger partial charge in [-0.15, -0.1) is 11.3 Å². The molecule has 2 N–H and O–H groups in total. The van der Waals surface area contributed by atoms with Crippen LogP contribution in [0.3, 0.4) is 0 Å². The van der Waals surface area contributed by atoms with Crippen LogP contribution in [0.15, 0.2) is 48.5 Å². The first kappa shape index (κ1) is 18.3. The van der Waals surface area contributed by atoms with Crippen LogP contribution >= 0.6 is 11.3 Å². The molecule has 0 saturated heterocycles. The van der Waals surface area contributed by atoms with E-state index in [1.807, 2.05) is 31.2 Å². The lowest BCUT2D eigenvalue weighted by Crippen LogP contribution is -2.28. The van der Waals surface area contributed by atoms with Gasteiger partial charge in [0.15, 0.2) is 0 Å². The van der Waals surface area contributed by atoms with Gasteiger partial charge in [-0.05, 0) is 24.3 Å². The van der Waals surface area contributed by atoms with Gasteiger partial charge in [-0.2, -0.15) is 0 Å². The maximum atomic E-state index is 12.5. The molecule has 1 atom stereocenters. The molecule has 136 valence electrons. The van der Waals surface area contributed by atoms with Crippen LogP contribution in [-0.4, -0.2) is 32.1 Å². The molecule has 1 unspecified atom stereocenters. The quantitative estimate of drug-likeness (QED) is 0.678. The van der Waals surface area contributed by atoms with Crippen molar-refractivity contribution in [2.75, 3.05) is 17.5 Å². The molecule has 0 aliphatic carbocycles. The summed E-state index contributed by atoms with van der Waals surface area (Å²) in [5.74, 6) is -0.281. The summed E-state index contributed by atoms with van der Waals surface area (Å²) in [6.45, 7) is 2.41. The smallest absolute Gasteiger partial charge is 0.253 e. The fourth-order valence-corrected chi connectivity index (χ4v) is 4.10. The Labute approximate surface area is 156 Å². The number of benzene rings is 2. The molecule has 1 heterocycles. The minimum absolute atomic E-state index is 0.0476. The highest BCUT2D eigenvalue weighted by molar-refractivity contribution is 7.92. The average Bonchev–Trinajstić information content (AvgIpc) is 3.02. The number of carbonyl (C=O) groups excluding carboxylic acids is 1. The summed E-state index contributed by atoms with van der Waals surface area (Å²) >= 11 is 1.61. The number of sulfonamides is 1. The van der Waals surface area contributed by atoms with Crippen LogP contribution in [0.25, 0.3) is 10.2 Å². The summed E-state index contributed by atoms with van der Waals surface area (Å²) in [6.07, 6.45) is 1.05. The Morgan fingerprint density at radius 1 is 1.15 bits per heavy atom. The predicted molar refractivity (Wildman–Crippen MR) is 105 cm³/mol. The van der Waals surface area contributed by atoms with E-state index in [-0.39, 0.29) is 23.1 Å². The molecule has 3 rings (SSSR count). The molecule has 0 aliphatic rings. The van der Waals surface area contributed by atoms with Gasteiger partial charge in [-0.3, -0.25) is 9.52 Å². The van der Waals surface area contributed by atoms with Gasteiger partial charge in [0.05, 0.1) is 32.7 Å². The number of rotatable bonds is 6. The Hall–Kier alpha value is -2.45. The van der Waals surface area contributed by atoms with E-state index in [2.05, 4.69) is 15.0 Å². The van der Waals surface area contributed by atoms with Crippen molar-refractivity contribution in [3.8, 4) is 0 Å². The summed E-state index contributed by atoms with van der Waals surface area (Å²) in [5, 5.41) is 3.81. The lowest BCUT2D eigenvalue weighted by Gasteiger charge is -2.13. The summed E-state index contributed by atoms with van der Waals surface area (Å²) in [6, 6.07) is 14.4. The van der Waals surface area contributed by atoms with Crippen molar-refractivity contribution in [3.63, 3.8) is 0 Å². The highest BCUT2D eigenvalue weighted by Gasteiger charge is 2.16. The van der Waals surface area contributed by atoms with Crippen LogP contribution in [0.4, 0.5) is 5.69 Å². The maximum Gasteiger partial charge on any atom is 0.253 e. The average molecular weight is 390 g/mol. The Morgan fingerprint density at radius 3 is 2.58 bits per heavy atom. The van der Waals surface area contributed by atoms with Crippen LogP contribution in [0.5, 0.6) is 0 Å². The number of fused-ring (bicyclic) bond motifs is 1. The second kappa shape index (κ2) is 7.43. The first-order chi connectivity index (χ1) is 12.3. The van der Waals surface area contributed by atoms with Gasteiger partial charge in [0.25, 0.3) is 5.91 Å². The molecule has 0 bridgehead atoms. The van der Waals surface area contributed by atoms with Crippen LogP contribution in [0, 0.1) is 0 Å². The molecular formula is C18H19N3O3S2. The maximum absolute atomic E-state index is 12.5. The van der Waals surface area contributed by atoms with Crippen molar-refractivity contribution < 1.29 is 13.2 Å². The lowest BCUT2D eigenvalue weighted by atomic mass is 10.1. The third-order valence-corrected chi connectivity index (χ3v) is 5.63. The number of para-hydroxylation sites is 2. The fraction of sp³-hybridized carbons (Fsp3) is 0.222. The van der Waals surface area contributed by atoms with E-state index in [0.29, 0.717) is 6.54 Å². The van der Waals surface area contributed by atoms with Crippen LogP contribution < -0.4 is 10.0 Å². The van der Waals surface area contributed by atoms with Crippen molar-refractivity contribution in [3.05, 3.63) is 59.1 Å². The van der Waals surface area contributed by atoms with Gasteiger partial charge < -0.3 is 5.32 Å². The number of aromatic nitrogens is 1. The van der Waals surface area contributed by atoms with Crippen LogP contribution in [-0.2, 0) is 10.0 Å². The highest BCUT2D eigenvalue weighted by Crippen LogP contribution is 2.27. The Morgan fingerprint density at radius 2 is 1.85 bits per heavy atom. The molecule has 26 heavy (non-hydrogen) atoms. The first-order valence-electron chi connectivity index (χ1n) is 8.04.